The Kier molecular flexibility index (Phi) is 6.47. The van der Waals surface area contributed by atoms with Crippen molar-refractivity contribution in [1.29, 1.82) is 0 Å². The van der Waals surface area contributed by atoms with Gasteiger partial charge >= 0.3 is 0 Å². The molecular formula is C24H23NO3. The largest absolute Gasteiger partial charge is 0.489 e. The van der Waals surface area contributed by atoms with Gasteiger partial charge in [0.25, 0.3) is 5.91 Å². The molecule has 142 valence electrons. The zero-order chi connectivity index (χ0) is 19.8. The Labute approximate surface area is 165 Å². The topological polar surface area (TPSA) is 47.6 Å². The summed E-state index contributed by atoms with van der Waals surface area (Å²) < 4.78 is 11.4. The number of ether oxygens (including phenoxy) is 2. The maximum absolute atomic E-state index is 12.6. The van der Waals surface area contributed by atoms with Crippen LogP contribution in [0, 0.1) is 0 Å². The van der Waals surface area contributed by atoms with E-state index in [0.717, 1.165) is 16.9 Å². The monoisotopic (exact) mass is 373 g/mol. The quantitative estimate of drug-likeness (QED) is 0.532. The van der Waals surface area contributed by atoms with Crippen molar-refractivity contribution in [1.82, 2.24) is 0 Å². The minimum atomic E-state index is -0.227. The van der Waals surface area contributed by atoms with Crippen molar-refractivity contribution >= 4 is 11.6 Å². The Morgan fingerprint density at radius 2 is 1.57 bits per heavy atom. The summed E-state index contributed by atoms with van der Waals surface area (Å²) in [7, 11) is 0. The van der Waals surface area contributed by atoms with Gasteiger partial charge < -0.3 is 14.8 Å². The molecule has 0 saturated carbocycles. The van der Waals surface area contributed by atoms with Crippen LogP contribution in [-0.4, -0.2) is 12.5 Å². The van der Waals surface area contributed by atoms with Crippen molar-refractivity contribution in [3.8, 4) is 11.5 Å². The average molecular weight is 373 g/mol. The summed E-state index contributed by atoms with van der Waals surface area (Å²) in [6, 6.07) is 24.4. The van der Waals surface area contributed by atoms with Crippen LogP contribution in [-0.2, 0) is 6.61 Å². The Hall–Kier alpha value is -3.53. The molecule has 0 bridgehead atoms. The molecule has 0 saturated heterocycles. The normalized spacial score (nSPS) is 10.2. The molecule has 0 heterocycles. The van der Waals surface area contributed by atoms with Gasteiger partial charge in [-0.15, -0.1) is 0 Å². The van der Waals surface area contributed by atoms with Crippen LogP contribution in [0.1, 0.15) is 22.8 Å². The maximum Gasteiger partial charge on any atom is 0.259 e. The van der Waals surface area contributed by atoms with Gasteiger partial charge in [-0.25, -0.2) is 0 Å². The molecule has 3 rings (SSSR count). The third-order valence-electron chi connectivity index (χ3n) is 3.97. The minimum Gasteiger partial charge on any atom is -0.489 e. The lowest BCUT2D eigenvalue weighted by Gasteiger charge is -2.12. The second kappa shape index (κ2) is 9.42. The molecule has 0 atom stereocenters. The average Bonchev–Trinajstić information content (AvgIpc) is 2.72. The smallest absolute Gasteiger partial charge is 0.259 e. The lowest BCUT2D eigenvalue weighted by Crippen LogP contribution is -2.14. The van der Waals surface area contributed by atoms with E-state index in [1.807, 2.05) is 73.7 Å². The first-order chi connectivity index (χ1) is 13.6. The lowest BCUT2D eigenvalue weighted by atomic mass is 10.1. The van der Waals surface area contributed by atoms with Crippen LogP contribution in [0.3, 0.4) is 0 Å². The molecule has 1 amide bonds. The van der Waals surface area contributed by atoms with Gasteiger partial charge in [0.15, 0.2) is 0 Å². The van der Waals surface area contributed by atoms with Crippen molar-refractivity contribution in [2.75, 3.05) is 11.9 Å². The number of carbonyl (C=O) groups is 1. The zero-order valence-electron chi connectivity index (χ0n) is 15.9. The van der Waals surface area contributed by atoms with Crippen LogP contribution in [0.4, 0.5) is 5.69 Å². The highest BCUT2D eigenvalue weighted by Gasteiger charge is 2.12. The van der Waals surface area contributed by atoms with E-state index in [-0.39, 0.29) is 5.91 Å². The third-order valence-corrected chi connectivity index (χ3v) is 3.97. The molecule has 0 spiro atoms. The molecule has 4 heteroatoms. The van der Waals surface area contributed by atoms with Crippen LogP contribution < -0.4 is 14.8 Å². The van der Waals surface area contributed by atoms with Crippen LogP contribution in [0.2, 0.25) is 0 Å². The van der Waals surface area contributed by atoms with Crippen molar-refractivity contribution in [2.24, 2.45) is 0 Å². The summed E-state index contributed by atoms with van der Waals surface area (Å²) >= 11 is 0. The predicted octanol–water partition coefficient (Wildman–Crippen LogP) is 5.47. The summed E-state index contributed by atoms with van der Waals surface area (Å²) in [5.74, 6) is 1.05. The number of rotatable bonds is 8. The van der Waals surface area contributed by atoms with E-state index in [0.29, 0.717) is 30.2 Å². The van der Waals surface area contributed by atoms with Crippen molar-refractivity contribution in [3.63, 3.8) is 0 Å². The molecular weight excluding hydrogens is 350 g/mol. The van der Waals surface area contributed by atoms with E-state index in [4.69, 9.17) is 9.47 Å². The molecule has 3 aromatic carbocycles. The standard InChI is InChI=1S/C24H23NO3/c1-18(2)16-28-23-11-7-6-10-22(23)24(26)25-20-12-14-21(15-13-20)27-17-19-8-4-3-5-9-19/h3-15H,1,16-17H2,2H3,(H,25,26). The van der Waals surface area contributed by atoms with Gasteiger partial charge in [-0.3, -0.25) is 4.79 Å². The van der Waals surface area contributed by atoms with Crippen molar-refractivity contribution in [2.45, 2.75) is 13.5 Å². The molecule has 1 N–H and O–H groups in total. The van der Waals surface area contributed by atoms with Crippen LogP contribution >= 0.6 is 0 Å². The first-order valence-corrected chi connectivity index (χ1v) is 9.06. The second-order valence-electron chi connectivity index (χ2n) is 6.49. The number of benzene rings is 3. The van der Waals surface area contributed by atoms with Crippen LogP contribution in [0.5, 0.6) is 11.5 Å². The Morgan fingerprint density at radius 1 is 0.893 bits per heavy atom. The zero-order valence-corrected chi connectivity index (χ0v) is 15.9. The highest BCUT2D eigenvalue weighted by atomic mass is 16.5. The Bertz CT molecular complexity index is 934. The fourth-order valence-electron chi connectivity index (χ4n) is 2.55. The number of para-hydroxylation sites is 1. The van der Waals surface area contributed by atoms with Gasteiger partial charge in [0.1, 0.15) is 24.7 Å². The molecule has 4 nitrogen and oxygen atoms in total. The van der Waals surface area contributed by atoms with E-state index in [1.165, 1.54) is 0 Å². The number of amides is 1. The molecule has 0 aromatic heterocycles. The van der Waals surface area contributed by atoms with Crippen LogP contribution in [0.15, 0.2) is 91.0 Å². The Balaban J connectivity index is 1.61. The van der Waals surface area contributed by atoms with Gasteiger partial charge in [0, 0.05) is 5.69 Å². The first kappa shape index (κ1) is 19.2. The van der Waals surface area contributed by atoms with E-state index in [1.54, 1.807) is 12.1 Å². The summed E-state index contributed by atoms with van der Waals surface area (Å²) in [5.41, 5.74) is 3.16. The molecule has 0 aliphatic rings. The van der Waals surface area contributed by atoms with Crippen molar-refractivity contribution in [3.05, 3.63) is 102 Å². The predicted molar refractivity (Wildman–Crippen MR) is 112 cm³/mol. The van der Waals surface area contributed by atoms with Gasteiger partial charge in [-0.05, 0) is 54.5 Å². The summed E-state index contributed by atoms with van der Waals surface area (Å²) in [6.07, 6.45) is 0. The third kappa shape index (κ3) is 5.48. The number of nitrogens with one attached hydrogen (secondary N) is 1. The molecule has 0 fully saturated rings. The van der Waals surface area contributed by atoms with Crippen molar-refractivity contribution < 1.29 is 14.3 Å². The minimum absolute atomic E-state index is 0.227. The highest BCUT2D eigenvalue weighted by molar-refractivity contribution is 6.06. The summed E-state index contributed by atoms with van der Waals surface area (Å²) in [4.78, 5) is 12.6. The Morgan fingerprint density at radius 3 is 2.29 bits per heavy atom. The lowest BCUT2D eigenvalue weighted by molar-refractivity contribution is 0.102. The van der Waals surface area contributed by atoms with E-state index in [9.17, 15) is 4.79 Å². The maximum atomic E-state index is 12.6. The second-order valence-corrected chi connectivity index (χ2v) is 6.49. The van der Waals surface area contributed by atoms with E-state index in [2.05, 4.69) is 11.9 Å². The molecule has 3 aromatic rings. The van der Waals surface area contributed by atoms with Gasteiger partial charge in [0.05, 0.1) is 5.56 Å². The SMILES string of the molecule is C=C(C)COc1ccccc1C(=O)Nc1ccc(OCc2ccccc2)cc1. The summed E-state index contributed by atoms with van der Waals surface area (Å²) in [6.45, 7) is 6.57. The highest BCUT2D eigenvalue weighted by Crippen LogP contribution is 2.22. The molecule has 0 radical (unpaired) electrons. The van der Waals surface area contributed by atoms with E-state index >= 15 is 0 Å². The molecule has 28 heavy (non-hydrogen) atoms. The fourth-order valence-corrected chi connectivity index (χ4v) is 2.55. The fraction of sp³-hybridized carbons (Fsp3) is 0.125. The molecule has 0 aliphatic heterocycles. The van der Waals surface area contributed by atoms with Crippen LogP contribution in [0.25, 0.3) is 0 Å². The number of anilines is 1. The van der Waals surface area contributed by atoms with E-state index < -0.39 is 0 Å². The first-order valence-electron chi connectivity index (χ1n) is 9.06. The number of hydrogen-bond donors (Lipinski definition) is 1. The van der Waals surface area contributed by atoms with Gasteiger partial charge in [-0.1, -0.05) is 49.0 Å². The number of carbonyl (C=O) groups excluding carboxylic acids is 1. The van der Waals surface area contributed by atoms with Gasteiger partial charge in [-0.2, -0.15) is 0 Å². The van der Waals surface area contributed by atoms with Gasteiger partial charge in [0.2, 0.25) is 0 Å². The summed E-state index contributed by atoms with van der Waals surface area (Å²) in [5, 5.41) is 2.89. The number of hydrogen-bond acceptors (Lipinski definition) is 3. The molecule has 0 aliphatic carbocycles. The molecule has 0 unspecified atom stereocenters.